The van der Waals surface area contributed by atoms with Gasteiger partial charge in [0.25, 0.3) is 5.91 Å². The minimum Gasteiger partial charge on any atom is -0.497 e. The molecule has 6 heteroatoms. The number of amides is 1. The van der Waals surface area contributed by atoms with E-state index in [9.17, 15) is 4.79 Å². The normalized spacial score (nSPS) is 17.0. The topological polar surface area (TPSA) is 54.5 Å². The molecule has 5 nitrogen and oxygen atoms in total. The maximum absolute atomic E-state index is 12.4. The zero-order valence-electron chi connectivity index (χ0n) is 15.7. The molecule has 140 valence electrons. The van der Waals surface area contributed by atoms with Crippen molar-refractivity contribution < 1.29 is 9.53 Å². The third kappa shape index (κ3) is 4.62. The number of aromatic nitrogens is 1. The average molecular weight is 374 g/mol. The third-order valence-electron chi connectivity index (χ3n) is 5.07. The minimum atomic E-state index is -0.0989. The highest BCUT2D eigenvalue weighted by molar-refractivity contribution is 7.13. The lowest BCUT2D eigenvalue weighted by Gasteiger charge is -2.34. The van der Waals surface area contributed by atoms with E-state index in [4.69, 9.17) is 4.74 Å². The highest BCUT2D eigenvalue weighted by Gasteiger charge is 2.21. The lowest BCUT2D eigenvalue weighted by Crippen LogP contribution is -2.45. The number of methoxy groups -OCH3 is 1. The van der Waals surface area contributed by atoms with E-state index in [0.29, 0.717) is 18.3 Å². The molecule has 0 saturated carbocycles. The maximum Gasteiger partial charge on any atom is 0.270 e. The van der Waals surface area contributed by atoms with Crippen molar-refractivity contribution in [1.29, 1.82) is 0 Å². The lowest BCUT2D eigenvalue weighted by atomic mass is 9.98. The Morgan fingerprint density at radius 3 is 2.69 bits per heavy atom. The fourth-order valence-corrected chi connectivity index (χ4v) is 3.98. The van der Waals surface area contributed by atoms with Gasteiger partial charge in [-0.25, -0.2) is 4.98 Å². The molecule has 3 rings (SSSR count). The largest absolute Gasteiger partial charge is 0.497 e. The zero-order chi connectivity index (χ0) is 18.5. The second-order valence-corrected chi connectivity index (χ2v) is 7.90. The molecule has 1 N–H and O–H groups in total. The summed E-state index contributed by atoms with van der Waals surface area (Å²) < 4.78 is 5.17. The first-order valence-corrected chi connectivity index (χ1v) is 10.1. The number of thiazole rings is 1. The number of rotatable bonds is 6. The summed E-state index contributed by atoms with van der Waals surface area (Å²) in [5.74, 6) is 1.53. The van der Waals surface area contributed by atoms with E-state index in [1.165, 1.54) is 24.2 Å². The zero-order valence-corrected chi connectivity index (χ0v) is 16.5. The number of hydrogen-bond donors (Lipinski definition) is 1. The number of carbonyl (C=O) groups is 1. The van der Waals surface area contributed by atoms with Gasteiger partial charge in [0.05, 0.1) is 7.11 Å². The van der Waals surface area contributed by atoms with Crippen LogP contribution in [0.3, 0.4) is 0 Å². The van der Waals surface area contributed by atoms with Crippen LogP contribution in [0.25, 0.3) is 10.6 Å². The molecule has 1 atom stereocenters. The van der Waals surface area contributed by atoms with Crippen molar-refractivity contribution in [1.82, 2.24) is 15.2 Å². The summed E-state index contributed by atoms with van der Waals surface area (Å²) in [6.07, 6.45) is 2.49. The number of nitrogens with zero attached hydrogens (tertiary/aromatic N) is 2. The second-order valence-electron chi connectivity index (χ2n) is 7.04. The molecular formula is C20H27N3O2S. The molecule has 0 bridgehead atoms. The van der Waals surface area contributed by atoms with Gasteiger partial charge in [-0.05, 0) is 63.0 Å². The Kier molecular flexibility index (Phi) is 6.27. The van der Waals surface area contributed by atoms with Gasteiger partial charge in [0.2, 0.25) is 0 Å². The van der Waals surface area contributed by atoms with Gasteiger partial charge in [-0.1, -0.05) is 6.92 Å². The molecular weight excluding hydrogens is 346 g/mol. The van der Waals surface area contributed by atoms with E-state index in [1.54, 1.807) is 7.11 Å². The van der Waals surface area contributed by atoms with Crippen molar-refractivity contribution in [2.45, 2.75) is 32.7 Å². The third-order valence-corrected chi connectivity index (χ3v) is 5.96. The van der Waals surface area contributed by atoms with Gasteiger partial charge in [-0.2, -0.15) is 0 Å². The van der Waals surface area contributed by atoms with Crippen LogP contribution in [0.5, 0.6) is 5.75 Å². The Balaban J connectivity index is 1.54. The van der Waals surface area contributed by atoms with Crippen LogP contribution in [0.1, 0.15) is 37.2 Å². The van der Waals surface area contributed by atoms with E-state index in [0.717, 1.165) is 35.3 Å². The van der Waals surface area contributed by atoms with E-state index in [1.807, 2.05) is 29.6 Å². The van der Waals surface area contributed by atoms with Crippen LogP contribution in [0.2, 0.25) is 0 Å². The average Bonchev–Trinajstić information content (AvgIpc) is 3.17. The quantitative estimate of drug-likeness (QED) is 0.839. The molecule has 1 fully saturated rings. The molecule has 1 amide bonds. The Bertz CT molecular complexity index is 721. The highest BCUT2D eigenvalue weighted by atomic mass is 32.1. The van der Waals surface area contributed by atoms with E-state index >= 15 is 0 Å². The molecule has 1 saturated heterocycles. The molecule has 1 aliphatic rings. The van der Waals surface area contributed by atoms with Crippen LogP contribution >= 0.6 is 11.3 Å². The van der Waals surface area contributed by atoms with Crippen molar-refractivity contribution in [3.05, 3.63) is 35.3 Å². The molecule has 1 aromatic heterocycles. The number of carbonyl (C=O) groups excluding carboxylic acids is 1. The Morgan fingerprint density at radius 1 is 1.35 bits per heavy atom. The molecule has 2 aromatic rings. The molecule has 0 radical (unpaired) electrons. The highest BCUT2D eigenvalue weighted by Crippen LogP contribution is 2.25. The van der Waals surface area contributed by atoms with Crippen molar-refractivity contribution >= 4 is 17.2 Å². The summed E-state index contributed by atoms with van der Waals surface area (Å²) in [6, 6.07) is 8.07. The number of hydrogen-bond acceptors (Lipinski definition) is 5. The lowest BCUT2D eigenvalue weighted by molar-refractivity contribution is 0.0917. The fourth-order valence-electron chi connectivity index (χ4n) is 3.17. The van der Waals surface area contributed by atoms with Crippen LogP contribution in [-0.4, -0.2) is 48.6 Å². The Hall–Kier alpha value is -1.92. The van der Waals surface area contributed by atoms with Gasteiger partial charge in [-0.3, -0.25) is 9.69 Å². The van der Waals surface area contributed by atoms with Gasteiger partial charge in [0, 0.05) is 23.5 Å². The second kappa shape index (κ2) is 8.64. The van der Waals surface area contributed by atoms with Crippen LogP contribution < -0.4 is 10.1 Å². The van der Waals surface area contributed by atoms with Gasteiger partial charge >= 0.3 is 0 Å². The molecule has 0 aliphatic carbocycles. The van der Waals surface area contributed by atoms with E-state index in [2.05, 4.69) is 29.0 Å². The number of piperidine rings is 1. The smallest absolute Gasteiger partial charge is 0.270 e. The SMILES string of the molecule is COc1ccc(-c2nc(C(=O)NCC(C)N3CCC(C)CC3)cs2)cc1. The first kappa shape index (κ1) is 18.9. The summed E-state index contributed by atoms with van der Waals surface area (Å²) in [5, 5.41) is 5.70. The molecule has 2 heterocycles. The van der Waals surface area contributed by atoms with Crippen LogP contribution in [-0.2, 0) is 0 Å². The first-order chi connectivity index (χ1) is 12.6. The van der Waals surface area contributed by atoms with Crippen molar-refractivity contribution in [3.63, 3.8) is 0 Å². The van der Waals surface area contributed by atoms with Gasteiger partial charge in [0.1, 0.15) is 16.5 Å². The first-order valence-electron chi connectivity index (χ1n) is 9.19. The fraction of sp³-hybridized carbons (Fsp3) is 0.500. The maximum atomic E-state index is 12.4. The van der Waals surface area contributed by atoms with Crippen molar-refractivity contribution in [2.24, 2.45) is 5.92 Å². The summed E-state index contributed by atoms with van der Waals surface area (Å²) in [5.41, 5.74) is 1.48. The molecule has 1 unspecified atom stereocenters. The number of likely N-dealkylation sites (tertiary alicyclic amines) is 1. The van der Waals surface area contributed by atoms with Crippen LogP contribution in [0.15, 0.2) is 29.6 Å². The van der Waals surface area contributed by atoms with Crippen molar-refractivity contribution in [3.8, 4) is 16.3 Å². The summed E-state index contributed by atoms with van der Waals surface area (Å²) in [6.45, 7) is 7.39. The van der Waals surface area contributed by atoms with Crippen LogP contribution in [0, 0.1) is 5.92 Å². The predicted molar refractivity (Wildman–Crippen MR) is 106 cm³/mol. The summed E-state index contributed by atoms with van der Waals surface area (Å²) in [4.78, 5) is 19.4. The number of benzene rings is 1. The Morgan fingerprint density at radius 2 is 2.04 bits per heavy atom. The van der Waals surface area contributed by atoms with E-state index in [-0.39, 0.29) is 5.91 Å². The van der Waals surface area contributed by atoms with Gasteiger partial charge in [0.15, 0.2) is 0 Å². The van der Waals surface area contributed by atoms with Gasteiger partial charge < -0.3 is 10.1 Å². The molecule has 1 aliphatic heterocycles. The molecule has 1 aromatic carbocycles. The minimum absolute atomic E-state index is 0.0989. The number of nitrogens with one attached hydrogen (secondary N) is 1. The summed E-state index contributed by atoms with van der Waals surface area (Å²) in [7, 11) is 1.65. The standard InChI is InChI=1S/C20H27N3O2S/c1-14-8-10-23(11-9-14)15(2)12-21-19(24)18-13-26-20(22-18)16-4-6-17(25-3)7-5-16/h4-7,13-15H,8-12H2,1-3H3,(H,21,24). The monoisotopic (exact) mass is 373 g/mol. The molecule has 26 heavy (non-hydrogen) atoms. The predicted octanol–water partition coefficient (Wildman–Crippen LogP) is 3.67. The molecule has 0 spiro atoms. The van der Waals surface area contributed by atoms with E-state index < -0.39 is 0 Å². The number of ether oxygens (including phenoxy) is 1. The Labute approximate surface area is 159 Å². The van der Waals surface area contributed by atoms with Gasteiger partial charge in [-0.15, -0.1) is 11.3 Å². The summed E-state index contributed by atoms with van der Waals surface area (Å²) >= 11 is 1.48. The van der Waals surface area contributed by atoms with Crippen LogP contribution in [0.4, 0.5) is 0 Å². The van der Waals surface area contributed by atoms with Crippen molar-refractivity contribution in [2.75, 3.05) is 26.7 Å².